The Balaban J connectivity index is 2.58. The van der Waals surface area contributed by atoms with Gasteiger partial charge in [-0.3, -0.25) is 0 Å². The van der Waals surface area contributed by atoms with Gasteiger partial charge in [-0.1, -0.05) is 0 Å². The van der Waals surface area contributed by atoms with Crippen LogP contribution in [0.2, 0.25) is 0 Å². The van der Waals surface area contributed by atoms with E-state index in [1.807, 2.05) is 20.8 Å². The third-order valence-corrected chi connectivity index (χ3v) is 2.93. The van der Waals surface area contributed by atoms with Crippen molar-refractivity contribution in [3.8, 4) is 5.75 Å². The van der Waals surface area contributed by atoms with Crippen molar-refractivity contribution < 1.29 is 18.6 Å². The molecule has 0 heterocycles. The number of aliphatic hydroxyl groups excluding tert-OH is 1. The molecule has 21 heavy (non-hydrogen) atoms. The van der Waals surface area contributed by atoms with Crippen LogP contribution < -0.4 is 10.1 Å². The van der Waals surface area contributed by atoms with Crippen LogP contribution in [0.15, 0.2) is 12.1 Å². The molecule has 1 aromatic rings. The zero-order valence-electron chi connectivity index (χ0n) is 13.0. The van der Waals surface area contributed by atoms with Gasteiger partial charge in [0.15, 0.2) is 17.4 Å². The van der Waals surface area contributed by atoms with Crippen molar-refractivity contribution in [1.29, 1.82) is 0 Å². The molecule has 0 aliphatic rings. The van der Waals surface area contributed by atoms with Crippen LogP contribution in [0.3, 0.4) is 0 Å². The van der Waals surface area contributed by atoms with Crippen molar-refractivity contribution in [2.45, 2.75) is 52.1 Å². The predicted molar refractivity (Wildman–Crippen MR) is 79.4 cm³/mol. The molecule has 0 atom stereocenters. The van der Waals surface area contributed by atoms with E-state index >= 15 is 0 Å². The highest BCUT2D eigenvalue weighted by Crippen LogP contribution is 2.24. The van der Waals surface area contributed by atoms with E-state index in [0.29, 0.717) is 24.9 Å². The summed E-state index contributed by atoms with van der Waals surface area (Å²) in [6, 6.07) is 2.59. The van der Waals surface area contributed by atoms with Gasteiger partial charge in [0, 0.05) is 18.7 Å². The standard InChI is InChI=1S/C16H25F2NO2/c1-16(2,3)19-11-12-9-13(17)15(14(18)10-12)21-8-6-4-5-7-20/h9-10,19-20H,4-8,11H2,1-3H3. The van der Waals surface area contributed by atoms with Crippen molar-refractivity contribution in [1.82, 2.24) is 5.32 Å². The first-order valence-corrected chi connectivity index (χ1v) is 7.30. The Bertz CT molecular complexity index is 421. The lowest BCUT2D eigenvalue weighted by Gasteiger charge is -2.20. The van der Waals surface area contributed by atoms with E-state index in [-0.39, 0.29) is 24.5 Å². The van der Waals surface area contributed by atoms with Gasteiger partial charge in [-0.25, -0.2) is 8.78 Å². The fourth-order valence-electron chi connectivity index (χ4n) is 1.78. The van der Waals surface area contributed by atoms with Gasteiger partial charge in [0.2, 0.25) is 0 Å². The summed E-state index contributed by atoms with van der Waals surface area (Å²) < 4.78 is 32.9. The monoisotopic (exact) mass is 301 g/mol. The molecule has 0 aliphatic heterocycles. The van der Waals surface area contributed by atoms with Crippen LogP contribution >= 0.6 is 0 Å². The lowest BCUT2D eigenvalue weighted by molar-refractivity contribution is 0.255. The molecule has 0 aromatic heterocycles. The molecule has 0 aliphatic carbocycles. The Kier molecular flexibility index (Phi) is 7.05. The van der Waals surface area contributed by atoms with Gasteiger partial charge in [0.05, 0.1) is 6.61 Å². The molecule has 2 N–H and O–H groups in total. The molecule has 0 unspecified atom stereocenters. The molecular weight excluding hydrogens is 276 g/mol. The van der Waals surface area contributed by atoms with Crippen molar-refractivity contribution in [2.24, 2.45) is 0 Å². The second-order valence-electron chi connectivity index (χ2n) is 6.12. The van der Waals surface area contributed by atoms with E-state index in [1.54, 1.807) is 0 Å². The van der Waals surface area contributed by atoms with Gasteiger partial charge >= 0.3 is 0 Å². The molecule has 1 rings (SSSR count). The molecule has 0 saturated heterocycles. The number of benzene rings is 1. The molecular formula is C16H25F2NO2. The van der Waals surface area contributed by atoms with Gasteiger partial charge in [-0.05, 0) is 57.7 Å². The van der Waals surface area contributed by atoms with Crippen LogP contribution in [-0.2, 0) is 6.54 Å². The second kappa shape index (κ2) is 8.29. The Labute approximate surface area is 125 Å². The summed E-state index contributed by atoms with van der Waals surface area (Å²) in [4.78, 5) is 0. The third-order valence-electron chi connectivity index (χ3n) is 2.93. The third kappa shape index (κ3) is 6.87. The zero-order chi connectivity index (χ0) is 15.9. The van der Waals surface area contributed by atoms with Gasteiger partial charge in [0.1, 0.15) is 0 Å². The van der Waals surface area contributed by atoms with Crippen molar-refractivity contribution in [3.05, 3.63) is 29.3 Å². The number of hydrogen-bond donors (Lipinski definition) is 2. The number of unbranched alkanes of at least 4 members (excludes halogenated alkanes) is 2. The van der Waals surface area contributed by atoms with Crippen LogP contribution in [-0.4, -0.2) is 23.9 Å². The van der Waals surface area contributed by atoms with Gasteiger partial charge in [-0.15, -0.1) is 0 Å². The first kappa shape index (κ1) is 17.9. The summed E-state index contributed by atoms with van der Waals surface area (Å²) in [6.07, 6.45) is 2.10. The normalized spacial score (nSPS) is 11.7. The minimum atomic E-state index is -0.678. The maximum Gasteiger partial charge on any atom is 0.190 e. The molecule has 3 nitrogen and oxygen atoms in total. The molecule has 120 valence electrons. The van der Waals surface area contributed by atoms with Crippen LogP contribution in [0, 0.1) is 11.6 Å². The molecule has 0 bridgehead atoms. The Hall–Kier alpha value is -1.20. The van der Waals surface area contributed by atoms with E-state index in [1.165, 1.54) is 12.1 Å². The highest BCUT2D eigenvalue weighted by atomic mass is 19.1. The van der Waals surface area contributed by atoms with Crippen LogP contribution in [0.1, 0.15) is 45.6 Å². The quantitative estimate of drug-likeness (QED) is 0.723. The average molecular weight is 301 g/mol. The number of nitrogens with one attached hydrogen (secondary N) is 1. The van der Waals surface area contributed by atoms with E-state index < -0.39 is 11.6 Å². The van der Waals surface area contributed by atoms with Crippen LogP contribution in [0.4, 0.5) is 8.78 Å². The highest BCUT2D eigenvalue weighted by Gasteiger charge is 2.14. The topological polar surface area (TPSA) is 41.5 Å². The summed E-state index contributed by atoms with van der Waals surface area (Å²) in [5.41, 5.74) is 0.432. The molecule has 5 heteroatoms. The molecule has 1 aromatic carbocycles. The first-order chi connectivity index (χ1) is 9.83. The van der Waals surface area contributed by atoms with Gasteiger partial charge < -0.3 is 15.2 Å². The molecule has 0 amide bonds. The average Bonchev–Trinajstić information content (AvgIpc) is 2.38. The lowest BCUT2D eigenvalue weighted by Crippen LogP contribution is -2.35. The summed E-state index contributed by atoms with van der Waals surface area (Å²) in [5, 5.41) is 11.8. The fourth-order valence-corrected chi connectivity index (χ4v) is 1.78. The molecule has 0 radical (unpaired) electrons. The largest absolute Gasteiger partial charge is 0.488 e. The second-order valence-corrected chi connectivity index (χ2v) is 6.12. The van der Waals surface area contributed by atoms with E-state index in [2.05, 4.69) is 5.32 Å². The first-order valence-electron chi connectivity index (χ1n) is 7.30. The van der Waals surface area contributed by atoms with Crippen molar-refractivity contribution in [3.63, 3.8) is 0 Å². The van der Waals surface area contributed by atoms with E-state index in [4.69, 9.17) is 9.84 Å². The number of aliphatic hydroxyl groups is 1. The summed E-state index contributed by atoms with van der Waals surface area (Å²) in [6.45, 7) is 6.73. The SMILES string of the molecule is CC(C)(C)NCc1cc(F)c(OCCCCCO)c(F)c1. The number of ether oxygens (including phenoxy) is 1. The Morgan fingerprint density at radius 1 is 1.10 bits per heavy atom. The predicted octanol–water partition coefficient (Wildman–Crippen LogP) is 3.39. The van der Waals surface area contributed by atoms with Crippen molar-refractivity contribution >= 4 is 0 Å². The molecule has 0 fully saturated rings. The molecule has 0 spiro atoms. The maximum absolute atomic E-state index is 13.9. The zero-order valence-corrected chi connectivity index (χ0v) is 13.0. The van der Waals surface area contributed by atoms with Crippen LogP contribution in [0.5, 0.6) is 5.75 Å². The summed E-state index contributed by atoms with van der Waals surface area (Å²) in [5.74, 6) is -1.68. The van der Waals surface area contributed by atoms with E-state index in [0.717, 1.165) is 6.42 Å². The van der Waals surface area contributed by atoms with Gasteiger partial charge in [0.25, 0.3) is 0 Å². The summed E-state index contributed by atoms with van der Waals surface area (Å²) in [7, 11) is 0. The minimum absolute atomic E-state index is 0.116. The van der Waals surface area contributed by atoms with E-state index in [9.17, 15) is 8.78 Å². The Morgan fingerprint density at radius 3 is 2.24 bits per heavy atom. The summed E-state index contributed by atoms with van der Waals surface area (Å²) >= 11 is 0. The number of hydrogen-bond acceptors (Lipinski definition) is 3. The highest BCUT2D eigenvalue weighted by molar-refractivity contribution is 5.31. The maximum atomic E-state index is 13.9. The lowest BCUT2D eigenvalue weighted by atomic mass is 10.1. The number of halogens is 2. The van der Waals surface area contributed by atoms with Crippen LogP contribution in [0.25, 0.3) is 0 Å². The smallest absolute Gasteiger partial charge is 0.190 e. The van der Waals surface area contributed by atoms with Crippen molar-refractivity contribution in [2.75, 3.05) is 13.2 Å². The fraction of sp³-hybridized carbons (Fsp3) is 0.625. The minimum Gasteiger partial charge on any atom is -0.488 e. The number of rotatable bonds is 8. The van der Waals surface area contributed by atoms with Gasteiger partial charge in [-0.2, -0.15) is 0 Å². The Morgan fingerprint density at radius 2 is 1.71 bits per heavy atom. The molecule has 0 saturated carbocycles.